The van der Waals surface area contributed by atoms with E-state index in [1.54, 1.807) is 0 Å². The number of benzene rings is 1. The van der Waals surface area contributed by atoms with Gasteiger partial charge in [0.05, 0.1) is 6.04 Å². The van der Waals surface area contributed by atoms with Gasteiger partial charge in [0.1, 0.15) is 0 Å². The maximum atomic E-state index is 12.5. The Bertz CT molecular complexity index is 563. The van der Waals surface area contributed by atoms with Crippen LogP contribution in [0.4, 0.5) is 4.79 Å². The largest absolute Gasteiger partial charge is 0.333 e. The molecule has 2 amide bonds. The second-order valence-electron chi connectivity index (χ2n) is 8.07. The number of hydrogen-bond acceptors (Lipinski definition) is 1. The van der Waals surface area contributed by atoms with Crippen molar-refractivity contribution in [2.75, 3.05) is 0 Å². The van der Waals surface area contributed by atoms with E-state index >= 15 is 0 Å². The van der Waals surface area contributed by atoms with Gasteiger partial charge in [0.25, 0.3) is 0 Å². The summed E-state index contributed by atoms with van der Waals surface area (Å²) >= 11 is 3.45. The zero-order valence-electron chi connectivity index (χ0n) is 13.6. The van der Waals surface area contributed by atoms with Crippen LogP contribution < -0.4 is 10.6 Å². The van der Waals surface area contributed by atoms with Gasteiger partial charge in [-0.3, -0.25) is 0 Å². The molecule has 4 heteroatoms. The van der Waals surface area contributed by atoms with E-state index in [0.29, 0.717) is 0 Å². The summed E-state index contributed by atoms with van der Waals surface area (Å²) in [5.74, 6) is 2.56. The van der Waals surface area contributed by atoms with Gasteiger partial charge in [0.15, 0.2) is 0 Å². The molecule has 3 nitrogen and oxygen atoms in total. The number of nitrogens with one attached hydrogen (secondary N) is 2. The van der Waals surface area contributed by atoms with Gasteiger partial charge in [-0.15, -0.1) is 0 Å². The molecule has 4 saturated carbocycles. The van der Waals surface area contributed by atoms with Crippen LogP contribution in [-0.2, 0) is 0 Å². The predicted octanol–water partition coefficient (Wildman–Crippen LogP) is 4.78. The highest BCUT2D eigenvalue weighted by atomic mass is 79.9. The summed E-state index contributed by atoms with van der Waals surface area (Å²) in [7, 11) is 0. The van der Waals surface area contributed by atoms with Gasteiger partial charge in [-0.25, -0.2) is 4.79 Å². The van der Waals surface area contributed by atoms with Gasteiger partial charge >= 0.3 is 6.03 Å². The first-order valence-electron chi connectivity index (χ1n) is 8.85. The molecule has 0 saturated heterocycles. The molecular weight excluding hydrogens is 352 g/mol. The number of rotatable bonds is 3. The fourth-order valence-corrected chi connectivity index (χ4v) is 5.84. The minimum Gasteiger partial charge on any atom is -0.333 e. The quantitative estimate of drug-likeness (QED) is 0.782. The third kappa shape index (κ3) is 3.15. The molecule has 0 radical (unpaired) electrons. The maximum absolute atomic E-state index is 12.5. The zero-order valence-corrected chi connectivity index (χ0v) is 15.2. The van der Waals surface area contributed by atoms with Gasteiger partial charge in [-0.1, -0.05) is 28.1 Å². The van der Waals surface area contributed by atoms with Crippen LogP contribution in [0.15, 0.2) is 28.7 Å². The van der Waals surface area contributed by atoms with E-state index in [4.69, 9.17) is 0 Å². The average Bonchev–Trinajstić information content (AvgIpc) is 2.45. The minimum absolute atomic E-state index is 0.00219. The summed E-state index contributed by atoms with van der Waals surface area (Å²) in [5.41, 5.74) is 1.21. The molecule has 4 bridgehead atoms. The van der Waals surface area contributed by atoms with Gasteiger partial charge in [0, 0.05) is 10.0 Å². The molecule has 4 aliphatic rings. The van der Waals surface area contributed by atoms with Gasteiger partial charge < -0.3 is 10.6 Å². The van der Waals surface area contributed by atoms with Crippen LogP contribution >= 0.6 is 15.9 Å². The van der Waals surface area contributed by atoms with Crippen molar-refractivity contribution in [3.8, 4) is 0 Å². The molecule has 0 aliphatic heterocycles. The Kier molecular flexibility index (Phi) is 3.91. The lowest BCUT2D eigenvalue weighted by Gasteiger charge is -2.56. The molecule has 1 unspecified atom stereocenters. The second kappa shape index (κ2) is 5.80. The van der Waals surface area contributed by atoms with Crippen molar-refractivity contribution in [2.24, 2.45) is 17.8 Å². The van der Waals surface area contributed by atoms with E-state index in [0.717, 1.165) is 27.8 Å². The van der Waals surface area contributed by atoms with E-state index in [1.807, 2.05) is 19.1 Å². The molecule has 1 atom stereocenters. The monoisotopic (exact) mass is 376 g/mol. The van der Waals surface area contributed by atoms with Crippen molar-refractivity contribution in [2.45, 2.75) is 57.0 Å². The number of halogens is 1. The van der Waals surface area contributed by atoms with Crippen molar-refractivity contribution in [1.29, 1.82) is 0 Å². The lowest BCUT2D eigenvalue weighted by Crippen LogP contribution is -2.61. The Morgan fingerprint density at radius 2 is 1.61 bits per heavy atom. The molecule has 0 spiro atoms. The summed E-state index contributed by atoms with van der Waals surface area (Å²) < 4.78 is 1.06. The highest BCUT2D eigenvalue weighted by molar-refractivity contribution is 9.10. The standard InChI is InChI=1S/C19H25BrN2O/c1-12(16-2-4-17(20)5-3-16)21-18(23)22-19-9-13-6-14(10-19)8-15(7-13)11-19/h2-5,12-15H,6-11H2,1H3,(H2,21,22,23). The summed E-state index contributed by atoms with van der Waals surface area (Å²) in [6, 6.07) is 8.17. The van der Waals surface area contributed by atoms with E-state index < -0.39 is 0 Å². The Morgan fingerprint density at radius 3 is 2.13 bits per heavy atom. The first-order chi connectivity index (χ1) is 11.0. The van der Waals surface area contributed by atoms with Crippen molar-refractivity contribution in [3.05, 3.63) is 34.3 Å². The SMILES string of the molecule is CC(NC(=O)NC12CC3CC(CC(C3)C1)C2)c1ccc(Br)cc1. The van der Waals surface area contributed by atoms with Crippen LogP contribution in [0.25, 0.3) is 0 Å². The second-order valence-corrected chi connectivity index (χ2v) is 8.99. The molecule has 0 heterocycles. The van der Waals surface area contributed by atoms with Gasteiger partial charge in [0.2, 0.25) is 0 Å². The van der Waals surface area contributed by atoms with E-state index in [9.17, 15) is 4.79 Å². The molecular formula is C19H25BrN2O. The van der Waals surface area contributed by atoms with E-state index in [-0.39, 0.29) is 17.6 Å². The van der Waals surface area contributed by atoms with Crippen LogP contribution in [0, 0.1) is 17.8 Å². The molecule has 5 rings (SSSR count). The van der Waals surface area contributed by atoms with Crippen LogP contribution in [0.5, 0.6) is 0 Å². The molecule has 1 aromatic rings. The molecule has 2 N–H and O–H groups in total. The zero-order chi connectivity index (χ0) is 16.0. The summed E-state index contributed by atoms with van der Waals surface area (Å²) in [4.78, 5) is 12.5. The third-order valence-corrected chi connectivity index (χ3v) is 6.66. The molecule has 124 valence electrons. The molecule has 4 fully saturated rings. The van der Waals surface area contributed by atoms with Gasteiger partial charge in [-0.2, -0.15) is 0 Å². The number of hydrogen-bond donors (Lipinski definition) is 2. The summed E-state index contributed by atoms with van der Waals surface area (Å²) in [6.45, 7) is 2.04. The fourth-order valence-electron chi connectivity index (χ4n) is 5.57. The van der Waals surface area contributed by atoms with Crippen molar-refractivity contribution in [3.63, 3.8) is 0 Å². The molecule has 4 aliphatic carbocycles. The number of carbonyl (C=O) groups excluding carboxylic acids is 1. The maximum Gasteiger partial charge on any atom is 0.315 e. The first kappa shape index (κ1) is 15.5. The van der Waals surface area contributed by atoms with Crippen molar-refractivity contribution < 1.29 is 4.79 Å². The van der Waals surface area contributed by atoms with E-state index in [2.05, 4.69) is 38.7 Å². The Labute approximate surface area is 146 Å². The topological polar surface area (TPSA) is 41.1 Å². The Morgan fingerprint density at radius 1 is 1.09 bits per heavy atom. The average molecular weight is 377 g/mol. The molecule has 0 aromatic heterocycles. The van der Waals surface area contributed by atoms with Crippen molar-refractivity contribution in [1.82, 2.24) is 10.6 Å². The number of urea groups is 1. The normalized spacial score (nSPS) is 35.8. The van der Waals surface area contributed by atoms with Crippen molar-refractivity contribution >= 4 is 22.0 Å². The first-order valence-corrected chi connectivity index (χ1v) is 9.65. The molecule has 23 heavy (non-hydrogen) atoms. The predicted molar refractivity (Wildman–Crippen MR) is 95.1 cm³/mol. The van der Waals surface area contributed by atoms with E-state index in [1.165, 1.54) is 38.5 Å². The Balaban J connectivity index is 1.39. The fraction of sp³-hybridized carbons (Fsp3) is 0.632. The highest BCUT2D eigenvalue weighted by Crippen LogP contribution is 2.55. The Hall–Kier alpha value is -1.03. The van der Waals surface area contributed by atoms with Crippen LogP contribution in [0.1, 0.15) is 57.1 Å². The minimum atomic E-state index is 0.00219. The number of amides is 2. The highest BCUT2D eigenvalue weighted by Gasteiger charge is 2.51. The lowest BCUT2D eigenvalue weighted by molar-refractivity contribution is -0.0136. The smallest absolute Gasteiger partial charge is 0.315 e. The lowest BCUT2D eigenvalue weighted by atomic mass is 9.53. The van der Waals surface area contributed by atoms with Gasteiger partial charge in [-0.05, 0) is 80.9 Å². The van der Waals surface area contributed by atoms with Crippen LogP contribution in [-0.4, -0.2) is 11.6 Å². The number of carbonyl (C=O) groups is 1. The summed E-state index contributed by atoms with van der Waals surface area (Å²) in [6.07, 6.45) is 7.78. The summed E-state index contributed by atoms with van der Waals surface area (Å²) in [5, 5.41) is 6.50. The third-order valence-electron chi connectivity index (χ3n) is 6.13. The molecule has 1 aromatic carbocycles. The van der Waals surface area contributed by atoms with Crippen LogP contribution in [0.3, 0.4) is 0 Å². The van der Waals surface area contributed by atoms with Crippen LogP contribution in [0.2, 0.25) is 0 Å².